The molecular formula is C14H14N2O5S. The van der Waals surface area contributed by atoms with Crippen LogP contribution in [-0.4, -0.2) is 34.7 Å². The molecule has 8 heteroatoms. The van der Waals surface area contributed by atoms with Gasteiger partial charge in [0, 0.05) is 18.0 Å². The van der Waals surface area contributed by atoms with Crippen molar-refractivity contribution in [3.63, 3.8) is 0 Å². The largest absolute Gasteiger partial charge is 0.455 e. The van der Waals surface area contributed by atoms with Gasteiger partial charge in [0.2, 0.25) is 6.79 Å². The molecule has 0 aliphatic rings. The number of nitro benzene ring substituents is 1. The van der Waals surface area contributed by atoms with Crippen LogP contribution >= 0.6 is 11.8 Å². The number of hydrogen-bond acceptors (Lipinski definition) is 7. The molecule has 0 bridgehead atoms. The lowest BCUT2D eigenvalue weighted by Crippen LogP contribution is -2.11. The summed E-state index contributed by atoms with van der Waals surface area (Å²) in [5, 5.41) is 11.4. The Kier molecular flexibility index (Phi) is 5.54. The summed E-state index contributed by atoms with van der Waals surface area (Å²) in [4.78, 5) is 26.0. The van der Waals surface area contributed by atoms with Crippen LogP contribution in [0.5, 0.6) is 5.75 Å². The molecule has 1 aromatic heterocycles. The predicted molar refractivity (Wildman–Crippen MR) is 83.0 cm³/mol. The summed E-state index contributed by atoms with van der Waals surface area (Å²) in [7, 11) is 0. The average Bonchev–Trinajstić information content (AvgIpc) is 2.52. The van der Waals surface area contributed by atoms with Gasteiger partial charge in [0.25, 0.3) is 5.69 Å². The SMILES string of the molecule is CSCCC(=O)OCOc1ccc([N+](=O)[O-])c2cccnc12. The van der Waals surface area contributed by atoms with E-state index in [9.17, 15) is 14.9 Å². The van der Waals surface area contributed by atoms with Crippen LogP contribution in [0.3, 0.4) is 0 Å². The van der Waals surface area contributed by atoms with Crippen LogP contribution in [0.15, 0.2) is 30.5 Å². The van der Waals surface area contributed by atoms with Gasteiger partial charge in [-0.05, 0) is 24.5 Å². The van der Waals surface area contributed by atoms with Gasteiger partial charge < -0.3 is 9.47 Å². The Morgan fingerprint density at radius 3 is 2.95 bits per heavy atom. The van der Waals surface area contributed by atoms with Gasteiger partial charge in [0.15, 0.2) is 0 Å². The molecule has 0 fully saturated rings. The molecule has 7 nitrogen and oxygen atoms in total. The molecule has 22 heavy (non-hydrogen) atoms. The van der Waals surface area contributed by atoms with E-state index in [1.165, 1.54) is 18.3 Å². The number of non-ortho nitro benzene ring substituents is 1. The Balaban J connectivity index is 2.11. The van der Waals surface area contributed by atoms with Gasteiger partial charge in [-0.25, -0.2) is 0 Å². The molecule has 2 rings (SSSR count). The maximum Gasteiger partial charge on any atom is 0.309 e. The zero-order valence-corrected chi connectivity index (χ0v) is 12.7. The molecular weight excluding hydrogens is 308 g/mol. The molecule has 0 unspecified atom stereocenters. The first kappa shape index (κ1) is 16.0. The summed E-state index contributed by atoms with van der Waals surface area (Å²) in [6.45, 7) is -0.253. The third kappa shape index (κ3) is 3.85. The highest BCUT2D eigenvalue weighted by Crippen LogP contribution is 2.31. The van der Waals surface area contributed by atoms with Crippen molar-refractivity contribution in [2.45, 2.75) is 6.42 Å². The van der Waals surface area contributed by atoms with E-state index >= 15 is 0 Å². The minimum absolute atomic E-state index is 0.0487. The molecule has 0 aliphatic heterocycles. The van der Waals surface area contributed by atoms with Crippen LogP contribution in [0.2, 0.25) is 0 Å². The van der Waals surface area contributed by atoms with Gasteiger partial charge in [-0.15, -0.1) is 0 Å². The Morgan fingerprint density at radius 1 is 1.41 bits per heavy atom. The van der Waals surface area contributed by atoms with Gasteiger partial charge in [0.1, 0.15) is 11.3 Å². The van der Waals surface area contributed by atoms with Crippen LogP contribution < -0.4 is 4.74 Å². The van der Waals surface area contributed by atoms with Crippen molar-refractivity contribution in [2.75, 3.05) is 18.8 Å². The molecule has 0 N–H and O–H groups in total. The van der Waals surface area contributed by atoms with Crippen LogP contribution in [-0.2, 0) is 9.53 Å². The Morgan fingerprint density at radius 2 is 2.23 bits per heavy atom. The fraction of sp³-hybridized carbons (Fsp3) is 0.286. The fourth-order valence-electron chi connectivity index (χ4n) is 1.82. The average molecular weight is 322 g/mol. The van der Waals surface area contributed by atoms with Gasteiger partial charge in [-0.3, -0.25) is 19.9 Å². The number of hydrogen-bond donors (Lipinski definition) is 0. The second-order valence-corrected chi connectivity index (χ2v) is 5.25. The Bertz CT molecular complexity index is 692. The predicted octanol–water partition coefficient (Wildman–Crippen LogP) is 2.78. The lowest BCUT2D eigenvalue weighted by molar-refractivity contribution is -0.383. The normalized spacial score (nSPS) is 10.4. The third-order valence-electron chi connectivity index (χ3n) is 2.85. The zero-order valence-electron chi connectivity index (χ0n) is 11.9. The van der Waals surface area contributed by atoms with E-state index in [-0.39, 0.29) is 18.4 Å². The maximum atomic E-state index is 11.4. The molecule has 1 heterocycles. The molecule has 0 atom stereocenters. The highest BCUT2D eigenvalue weighted by atomic mass is 32.2. The second-order valence-electron chi connectivity index (χ2n) is 4.26. The number of nitrogens with zero attached hydrogens (tertiary/aromatic N) is 2. The van der Waals surface area contributed by atoms with Gasteiger partial charge in [0.05, 0.1) is 16.7 Å². The van der Waals surface area contributed by atoms with Crippen LogP contribution in [0.4, 0.5) is 5.69 Å². The Hall–Kier alpha value is -2.35. The molecule has 0 aliphatic carbocycles. The zero-order chi connectivity index (χ0) is 15.9. The van der Waals surface area contributed by atoms with E-state index in [0.29, 0.717) is 28.8 Å². The number of thioether (sulfide) groups is 1. The van der Waals surface area contributed by atoms with Gasteiger partial charge in [-0.1, -0.05) is 0 Å². The maximum absolute atomic E-state index is 11.4. The van der Waals surface area contributed by atoms with Crippen LogP contribution in [0.1, 0.15) is 6.42 Å². The fourth-order valence-corrected chi connectivity index (χ4v) is 2.19. The number of carbonyl (C=O) groups is 1. The van der Waals surface area contributed by atoms with Crippen molar-refractivity contribution in [2.24, 2.45) is 0 Å². The van der Waals surface area contributed by atoms with Gasteiger partial charge >= 0.3 is 5.97 Å². The smallest absolute Gasteiger partial charge is 0.309 e. The lowest BCUT2D eigenvalue weighted by Gasteiger charge is -2.09. The van der Waals surface area contributed by atoms with Crippen molar-refractivity contribution in [3.8, 4) is 5.75 Å². The number of pyridine rings is 1. The molecule has 0 amide bonds. The van der Waals surface area contributed by atoms with Crippen LogP contribution in [0.25, 0.3) is 10.9 Å². The first-order valence-corrected chi connectivity index (χ1v) is 7.82. The van der Waals surface area contributed by atoms with Gasteiger partial charge in [-0.2, -0.15) is 11.8 Å². The number of nitro groups is 1. The number of carbonyl (C=O) groups excluding carboxylic acids is 1. The second kappa shape index (κ2) is 7.60. The number of benzene rings is 1. The molecule has 0 spiro atoms. The van der Waals surface area contributed by atoms with Crippen molar-refractivity contribution in [3.05, 3.63) is 40.6 Å². The van der Waals surface area contributed by atoms with E-state index in [4.69, 9.17) is 9.47 Å². The standard InChI is InChI=1S/C14H14N2O5S/c1-22-8-6-13(17)21-9-20-12-5-4-11(16(18)19)10-3-2-7-15-14(10)12/h2-5,7H,6,8-9H2,1H3. The van der Waals surface area contributed by atoms with Crippen molar-refractivity contribution in [1.29, 1.82) is 0 Å². The molecule has 2 aromatic rings. The first-order chi connectivity index (χ1) is 10.6. The highest BCUT2D eigenvalue weighted by Gasteiger charge is 2.15. The quantitative estimate of drug-likeness (QED) is 0.335. The first-order valence-electron chi connectivity index (χ1n) is 6.43. The summed E-state index contributed by atoms with van der Waals surface area (Å²) in [6.07, 6.45) is 3.73. The number of rotatable bonds is 7. The summed E-state index contributed by atoms with van der Waals surface area (Å²) in [5.41, 5.74) is 0.310. The van der Waals surface area contributed by atoms with Crippen molar-refractivity contribution >= 4 is 34.3 Å². The number of ether oxygens (including phenoxy) is 2. The van der Waals surface area contributed by atoms with Crippen molar-refractivity contribution in [1.82, 2.24) is 4.98 Å². The summed E-state index contributed by atoms with van der Waals surface area (Å²) >= 11 is 1.55. The minimum atomic E-state index is -0.476. The Labute approximate surface area is 130 Å². The highest BCUT2D eigenvalue weighted by molar-refractivity contribution is 7.98. The van der Waals surface area contributed by atoms with Crippen LogP contribution in [0, 0.1) is 10.1 Å². The summed E-state index contributed by atoms with van der Waals surface area (Å²) in [6, 6.07) is 6.00. The topological polar surface area (TPSA) is 91.6 Å². The van der Waals surface area contributed by atoms with Crippen molar-refractivity contribution < 1.29 is 19.2 Å². The molecule has 1 aromatic carbocycles. The van der Waals surface area contributed by atoms with E-state index in [2.05, 4.69) is 4.98 Å². The van der Waals surface area contributed by atoms with E-state index < -0.39 is 4.92 Å². The van der Waals surface area contributed by atoms with E-state index in [1.54, 1.807) is 23.9 Å². The molecule has 116 valence electrons. The molecule has 0 saturated heterocycles. The summed E-state index contributed by atoms with van der Waals surface area (Å²) < 4.78 is 10.3. The van der Waals surface area contributed by atoms with E-state index in [0.717, 1.165) is 0 Å². The number of aromatic nitrogens is 1. The molecule has 0 saturated carbocycles. The molecule has 0 radical (unpaired) electrons. The minimum Gasteiger partial charge on any atom is -0.455 e. The lowest BCUT2D eigenvalue weighted by atomic mass is 10.1. The number of esters is 1. The number of fused-ring (bicyclic) bond motifs is 1. The third-order valence-corrected chi connectivity index (χ3v) is 3.46. The van der Waals surface area contributed by atoms with E-state index in [1.807, 2.05) is 6.26 Å². The monoisotopic (exact) mass is 322 g/mol. The summed E-state index contributed by atoms with van der Waals surface area (Å²) in [5.74, 6) is 0.660.